The molecule has 27 heavy (non-hydrogen) atoms. The van der Waals surface area contributed by atoms with Crippen molar-refractivity contribution >= 4 is 17.5 Å². The molecule has 3 aromatic carbocycles. The fourth-order valence-corrected chi connectivity index (χ4v) is 2.59. The Morgan fingerprint density at radius 2 is 1.59 bits per heavy atom. The van der Waals surface area contributed by atoms with E-state index in [2.05, 4.69) is 10.6 Å². The summed E-state index contributed by atoms with van der Waals surface area (Å²) >= 11 is 0. The first-order valence-electron chi connectivity index (χ1n) is 8.40. The van der Waals surface area contributed by atoms with Crippen molar-refractivity contribution in [2.75, 3.05) is 5.32 Å². The molecule has 3 aromatic rings. The van der Waals surface area contributed by atoms with Gasteiger partial charge in [0, 0.05) is 12.1 Å². The lowest BCUT2D eigenvalue weighted by atomic mass is 10.1. The zero-order valence-corrected chi connectivity index (χ0v) is 14.5. The van der Waals surface area contributed by atoms with E-state index in [4.69, 9.17) is 5.26 Å². The summed E-state index contributed by atoms with van der Waals surface area (Å²) in [7, 11) is 0. The molecule has 0 heterocycles. The molecule has 5 nitrogen and oxygen atoms in total. The Balaban J connectivity index is 1.74. The van der Waals surface area contributed by atoms with Crippen molar-refractivity contribution in [3.63, 3.8) is 0 Å². The van der Waals surface area contributed by atoms with Crippen molar-refractivity contribution in [2.24, 2.45) is 0 Å². The second-order valence-corrected chi connectivity index (χ2v) is 5.86. The summed E-state index contributed by atoms with van der Waals surface area (Å²) in [6, 6.07) is 24.8. The first-order valence-corrected chi connectivity index (χ1v) is 8.40. The molecule has 132 valence electrons. The van der Waals surface area contributed by atoms with Crippen molar-refractivity contribution in [3.05, 3.63) is 101 Å². The normalized spacial score (nSPS) is 9.89. The van der Waals surface area contributed by atoms with E-state index in [-0.39, 0.29) is 11.8 Å². The molecular weight excluding hydrogens is 338 g/mol. The fraction of sp³-hybridized carbons (Fsp3) is 0.0455. The maximum atomic E-state index is 12.6. The Bertz CT molecular complexity index is 1010. The van der Waals surface area contributed by atoms with E-state index in [0.29, 0.717) is 28.9 Å². The van der Waals surface area contributed by atoms with Crippen LogP contribution in [-0.2, 0) is 6.54 Å². The standard InChI is InChI=1S/C22H17N3O2/c23-14-17-9-6-10-18(13-17)21(26)25-20-12-5-4-11-19(20)22(27)24-15-16-7-2-1-3-8-16/h1-13H,15H2,(H,24,27)(H,25,26). The van der Waals surface area contributed by atoms with Crippen LogP contribution in [0.15, 0.2) is 78.9 Å². The lowest BCUT2D eigenvalue weighted by molar-refractivity contribution is 0.0952. The van der Waals surface area contributed by atoms with Crippen molar-refractivity contribution in [2.45, 2.75) is 6.54 Å². The molecule has 2 amide bonds. The Morgan fingerprint density at radius 3 is 2.37 bits per heavy atom. The van der Waals surface area contributed by atoms with Crippen molar-refractivity contribution in [1.82, 2.24) is 5.32 Å². The first-order chi connectivity index (χ1) is 13.2. The van der Waals surface area contributed by atoms with Gasteiger partial charge in [-0.15, -0.1) is 0 Å². The molecule has 0 spiro atoms. The largest absolute Gasteiger partial charge is 0.348 e. The third-order valence-electron chi connectivity index (χ3n) is 3.97. The van der Waals surface area contributed by atoms with Crippen LogP contribution in [0, 0.1) is 11.3 Å². The van der Waals surface area contributed by atoms with E-state index < -0.39 is 0 Å². The number of hydrogen-bond donors (Lipinski definition) is 2. The summed E-state index contributed by atoms with van der Waals surface area (Å²) in [4.78, 5) is 25.0. The number of rotatable bonds is 5. The van der Waals surface area contributed by atoms with Crippen LogP contribution in [-0.4, -0.2) is 11.8 Å². The third kappa shape index (κ3) is 4.59. The van der Waals surface area contributed by atoms with Crippen molar-refractivity contribution < 1.29 is 9.59 Å². The summed E-state index contributed by atoms with van der Waals surface area (Å²) in [5.74, 6) is -0.657. The summed E-state index contributed by atoms with van der Waals surface area (Å²) in [5, 5.41) is 14.6. The van der Waals surface area contributed by atoms with Gasteiger partial charge in [-0.3, -0.25) is 9.59 Å². The molecule has 0 aromatic heterocycles. The third-order valence-corrected chi connectivity index (χ3v) is 3.97. The number of carbonyl (C=O) groups excluding carboxylic acids is 2. The number of para-hydroxylation sites is 1. The predicted octanol–water partition coefficient (Wildman–Crippen LogP) is 3.74. The Labute approximate surface area is 157 Å². The molecule has 0 bridgehead atoms. The van der Waals surface area contributed by atoms with E-state index in [9.17, 15) is 9.59 Å². The molecule has 0 radical (unpaired) electrons. The van der Waals surface area contributed by atoms with Crippen LogP contribution in [0.25, 0.3) is 0 Å². The monoisotopic (exact) mass is 355 g/mol. The van der Waals surface area contributed by atoms with Gasteiger partial charge in [-0.1, -0.05) is 48.5 Å². The highest BCUT2D eigenvalue weighted by Gasteiger charge is 2.14. The highest BCUT2D eigenvalue weighted by atomic mass is 16.2. The molecule has 0 aliphatic carbocycles. The van der Waals surface area contributed by atoms with Crippen LogP contribution in [0.5, 0.6) is 0 Å². The van der Waals surface area contributed by atoms with E-state index in [1.807, 2.05) is 36.4 Å². The molecule has 0 atom stereocenters. The van der Waals surface area contributed by atoms with Crippen LogP contribution in [0.1, 0.15) is 31.8 Å². The Morgan fingerprint density at radius 1 is 0.852 bits per heavy atom. The lowest BCUT2D eigenvalue weighted by Gasteiger charge is -2.12. The second-order valence-electron chi connectivity index (χ2n) is 5.86. The van der Waals surface area contributed by atoms with Crippen molar-refractivity contribution in [3.8, 4) is 6.07 Å². The second kappa shape index (κ2) is 8.45. The SMILES string of the molecule is N#Cc1cccc(C(=O)Nc2ccccc2C(=O)NCc2ccccc2)c1. The maximum absolute atomic E-state index is 12.6. The number of hydrogen-bond acceptors (Lipinski definition) is 3. The molecule has 0 saturated carbocycles. The zero-order chi connectivity index (χ0) is 19.1. The van der Waals surface area contributed by atoms with E-state index in [1.165, 1.54) is 6.07 Å². The van der Waals surface area contributed by atoms with Crippen LogP contribution < -0.4 is 10.6 Å². The molecular formula is C22H17N3O2. The molecule has 2 N–H and O–H groups in total. The first kappa shape index (κ1) is 17.9. The quantitative estimate of drug-likeness (QED) is 0.731. The van der Waals surface area contributed by atoms with Gasteiger partial charge in [-0.05, 0) is 35.9 Å². The van der Waals surface area contributed by atoms with E-state index in [0.717, 1.165) is 5.56 Å². The highest BCUT2D eigenvalue weighted by Crippen LogP contribution is 2.17. The summed E-state index contributed by atoms with van der Waals surface area (Å²) in [6.07, 6.45) is 0. The van der Waals surface area contributed by atoms with Gasteiger partial charge in [-0.2, -0.15) is 5.26 Å². The molecule has 0 saturated heterocycles. The van der Waals surface area contributed by atoms with Crippen LogP contribution >= 0.6 is 0 Å². The maximum Gasteiger partial charge on any atom is 0.255 e. The van der Waals surface area contributed by atoms with Gasteiger partial charge in [0.05, 0.1) is 22.9 Å². The van der Waals surface area contributed by atoms with E-state index >= 15 is 0 Å². The zero-order valence-electron chi connectivity index (χ0n) is 14.5. The number of nitrogens with zero attached hydrogens (tertiary/aromatic N) is 1. The van der Waals surface area contributed by atoms with Gasteiger partial charge >= 0.3 is 0 Å². The van der Waals surface area contributed by atoms with Gasteiger partial charge in [0.2, 0.25) is 0 Å². The molecule has 0 aliphatic rings. The van der Waals surface area contributed by atoms with E-state index in [1.54, 1.807) is 42.5 Å². The molecule has 5 heteroatoms. The number of anilines is 1. The number of nitrogens with one attached hydrogen (secondary N) is 2. The average Bonchev–Trinajstić information content (AvgIpc) is 2.73. The van der Waals surface area contributed by atoms with Crippen LogP contribution in [0.2, 0.25) is 0 Å². The lowest BCUT2D eigenvalue weighted by Crippen LogP contribution is -2.24. The van der Waals surface area contributed by atoms with Gasteiger partial charge in [0.25, 0.3) is 11.8 Å². The van der Waals surface area contributed by atoms with Gasteiger partial charge in [0.15, 0.2) is 0 Å². The number of nitriles is 1. The molecule has 0 fully saturated rings. The molecule has 0 unspecified atom stereocenters. The smallest absolute Gasteiger partial charge is 0.255 e. The summed E-state index contributed by atoms with van der Waals surface area (Å²) in [5.41, 5.74) is 2.53. The Hall–Kier alpha value is -3.91. The minimum absolute atomic E-state index is 0.277. The van der Waals surface area contributed by atoms with Gasteiger partial charge in [0.1, 0.15) is 0 Å². The number of amides is 2. The Kier molecular flexibility index (Phi) is 5.60. The summed E-state index contributed by atoms with van der Waals surface area (Å²) in [6.45, 7) is 0.395. The number of benzene rings is 3. The molecule has 0 aliphatic heterocycles. The predicted molar refractivity (Wildman–Crippen MR) is 103 cm³/mol. The van der Waals surface area contributed by atoms with Crippen LogP contribution in [0.4, 0.5) is 5.69 Å². The molecule has 3 rings (SSSR count). The van der Waals surface area contributed by atoms with Crippen LogP contribution in [0.3, 0.4) is 0 Å². The highest BCUT2D eigenvalue weighted by molar-refractivity contribution is 6.09. The minimum atomic E-state index is -0.379. The summed E-state index contributed by atoms with van der Waals surface area (Å²) < 4.78 is 0. The van der Waals surface area contributed by atoms with Gasteiger partial charge < -0.3 is 10.6 Å². The fourth-order valence-electron chi connectivity index (χ4n) is 2.59. The topological polar surface area (TPSA) is 82.0 Å². The average molecular weight is 355 g/mol. The van der Waals surface area contributed by atoms with Crippen molar-refractivity contribution in [1.29, 1.82) is 5.26 Å². The van der Waals surface area contributed by atoms with Gasteiger partial charge in [-0.25, -0.2) is 0 Å². The minimum Gasteiger partial charge on any atom is -0.348 e. The number of carbonyl (C=O) groups is 2.